The van der Waals surface area contributed by atoms with Gasteiger partial charge in [0.25, 0.3) is 0 Å². The fraction of sp³-hybridized carbons (Fsp3) is 0.538. The molecule has 0 saturated carbocycles. The summed E-state index contributed by atoms with van der Waals surface area (Å²) in [6.45, 7) is 1.69. The molecule has 1 unspecified atom stereocenters. The first kappa shape index (κ1) is 13.4. The van der Waals surface area contributed by atoms with Crippen molar-refractivity contribution >= 4 is 9.84 Å². The summed E-state index contributed by atoms with van der Waals surface area (Å²) in [6.07, 6.45) is 4.82. The van der Waals surface area contributed by atoms with E-state index in [0.717, 1.165) is 18.7 Å². The van der Waals surface area contributed by atoms with Gasteiger partial charge in [-0.15, -0.1) is 0 Å². The van der Waals surface area contributed by atoms with Gasteiger partial charge in [-0.3, -0.25) is 0 Å². The smallest absolute Gasteiger partial charge is 0.175 e. The van der Waals surface area contributed by atoms with Crippen LogP contribution in [0.3, 0.4) is 0 Å². The molecule has 5 heteroatoms. The van der Waals surface area contributed by atoms with Gasteiger partial charge in [0.05, 0.1) is 4.90 Å². The Balaban J connectivity index is 1.90. The maximum absolute atomic E-state index is 11.3. The van der Waals surface area contributed by atoms with E-state index in [2.05, 4.69) is 5.32 Å². The van der Waals surface area contributed by atoms with Crippen LogP contribution in [0.15, 0.2) is 29.2 Å². The lowest BCUT2D eigenvalue weighted by Crippen LogP contribution is -2.38. The van der Waals surface area contributed by atoms with E-state index in [9.17, 15) is 8.42 Å². The molecule has 1 aliphatic rings. The molecule has 18 heavy (non-hydrogen) atoms. The monoisotopic (exact) mass is 269 g/mol. The second-order valence-corrected chi connectivity index (χ2v) is 6.72. The minimum atomic E-state index is -3.12. The third-order valence-corrected chi connectivity index (χ3v) is 4.24. The zero-order valence-electron chi connectivity index (χ0n) is 10.6. The Kier molecular flexibility index (Phi) is 4.24. The second-order valence-electron chi connectivity index (χ2n) is 4.70. The summed E-state index contributed by atoms with van der Waals surface area (Å²) in [6, 6.07) is 6.99. The van der Waals surface area contributed by atoms with Gasteiger partial charge in [-0.05, 0) is 43.7 Å². The molecule has 0 aromatic heterocycles. The number of benzene rings is 1. The Morgan fingerprint density at radius 2 is 2.00 bits per heavy atom. The molecule has 1 atom stereocenters. The molecule has 0 radical (unpaired) electrons. The van der Waals surface area contributed by atoms with Crippen LogP contribution in [0.1, 0.15) is 19.3 Å². The third-order valence-electron chi connectivity index (χ3n) is 3.12. The maximum atomic E-state index is 11.3. The fourth-order valence-electron chi connectivity index (χ4n) is 2.05. The standard InChI is InChI=1S/C13H19NO3S/c1-18(15,16)13-7-5-12(6-8-13)17-10-11-4-2-3-9-14-11/h5-8,11,14H,2-4,9-10H2,1H3. The van der Waals surface area contributed by atoms with E-state index in [1.165, 1.54) is 19.1 Å². The van der Waals surface area contributed by atoms with E-state index in [1.807, 2.05) is 0 Å². The van der Waals surface area contributed by atoms with Gasteiger partial charge in [0.2, 0.25) is 0 Å². The Bertz CT molecular complexity index is 475. The molecule has 1 N–H and O–H groups in total. The van der Waals surface area contributed by atoms with E-state index < -0.39 is 9.84 Å². The number of rotatable bonds is 4. The van der Waals surface area contributed by atoms with Gasteiger partial charge in [0.15, 0.2) is 9.84 Å². The highest BCUT2D eigenvalue weighted by Crippen LogP contribution is 2.17. The summed E-state index contributed by atoms with van der Waals surface area (Å²) in [5.74, 6) is 0.717. The summed E-state index contributed by atoms with van der Waals surface area (Å²) in [4.78, 5) is 0.325. The molecule has 1 heterocycles. The summed E-state index contributed by atoms with van der Waals surface area (Å²) >= 11 is 0. The molecule has 0 bridgehead atoms. The van der Waals surface area contributed by atoms with Crippen molar-refractivity contribution in [2.45, 2.75) is 30.2 Å². The first-order chi connectivity index (χ1) is 8.55. The van der Waals surface area contributed by atoms with Gasteiger partial charge < -0.3 is 10.1 Å². The van der Waals surface area contributed by atoms with Crippen LogP contribution >= 0.6 is 0 Å². The van der Waals surface area contributed by atoms with E-state index in [-0.39, 0.29) is 0 Å². The molecule has 2 rings (SSSR count). The van der Waals surface area contributed by atoms with E-state index in [1.54, 1.807) is 24.3 Å². The van der Waals surface area contributed by atoms with E-state index in [0.29, 0.717) is 17.5 Å². The molecular weight excluding hydrogens is 250 g/mol. The summed E-state index contributed by atoms with van der Waals surface area (Å²) in [7, 11) is -3.12. The van der Waals surface area contributed by atoms with Crippen LogP contribution in [0, 0.1) is 0 Å². The summed E-state index contributed by atoms with van der Waals surface area (Å²) in [5.41, 5.74) is 0. The number of hydrogen-bond donors (Lipinski definition) is 1. The topological polar surface area (TPSA) is 55.4 Å². The van der Waals surface area contributed by atoms with Gasteiger partial charge in [-0.2, -0.15) is 0 Å². The Labute approximate surface area is 108 Å². The highest BCUT2D eigenvalue weighted by Gasteiger charge is 2.13. The average Bonchev–Trinajstić information content (AvgIpc) is 2.37. The minimum absolute atomic E-state index is 0.325. The van der Waals surface area contributed by atoms with Crippen LogP contribution in [-0.2, 0) is 9.84 Å². The van der Waals surface area contributed by atoms with Crippen molar-refractivity contribution in [2.75, 3.05) is 19.4 Å². The highest BCUT2D eigenvalue weighted by atomic mass is 32.2. The van der Waals surface area contributed by atoms with Crippen molar-refractivity contribution in [2.24, 2.45) is 0 Å². The fourth-order valence-corrected chi connectivity index (χ4v) is 2.68. The number of hydrogen-bond acceptors (Lipinski definition) is 4. The number of sulfone groups is 1. The molecule has 100 valence electrons. The summed E-state index contributed by atoms with van der Waals surface area (Å²) < 4.78 is 28.3. The lowest BCUT2D eigenvalue weighted by Gasteiger charge is -2.23. The third kappa shape index (κ3) is 3.71. The maximum Gasteiger partial charge on any atom is 0.175 e. The molecule has 0 spiro atoms. The molecular formula is C13H19NO3S. The van der Waals surface area contributed by atoms with Crippen LogP contribution in [0.4, 0.5) is 0 Å². The minimum Gasteiger partial charge on any atom is -0.492 e. The first-order valence-electron chi connectivity index (χ1n) is 6.22. The number of nitrogens with one attached hydrogen (secondary N) is 1. The molecule has 0 amide bonds. The lowest BCUT2D eigenvalue weighted by atomic mass is 10.1. The largest absolute Gasteiger partial charge is 0.492 e. The molecule has 1 aromatic carbocycles. The first-order valence-corrected chi connectivity index (χ1v) is 8.11. The Morgan fingerprint density at radius 3 is 2.56 bits per heavy atom. The zero-order chi connectivity index (χ0) is 13.0. The predicted molar refractivity (Wildman–Crippen MR) is 70.7 cm³/mol. The Morgan fingerprint density at radius 1 is 1.28 bits per heavy atom. The van der Waals surface area contributed by atoms with Crippen LogP contribution in [0.25, 0.3) is 0 Å². The molecule has 1 aromatic rings. The van der Waals surface area contributed by atoms with E-state index >= 15 is 0 Å². The normalized spacial score (nSPS) is 20.6. The second kappa shape index (κ2) is 5.71. The van der Waals surface area contributed by atoms with Crippen molar-refractivity contribution in [3.63, 3.8) is 0 Å². The lowest BCUT2D eigenvalue weighted by molar-refractivity contribution is 0.239. The Hall–Kier alpha value is -1.07. The van der Waals surface area contributed by atoms with Crippen LogP contribution in [-0.4, -0.2) is 33.9 Å². The molecule has 1 fully saturated rings. The zero-order valence-corrected chi connectivity index (χ0v) is 11.4. The van der Waals surface area contributed by atoms with Gasteiger partial charge in [-0.1, -0.05) is 6.42 Å². The number of piperidine rings is 1. The van der Waals surface area contributed by atoms with Crippen LogP contribution < -0.4 is 10.1 Å². The predicted octanol–water partition coefficient (Wildman–Crippen LogP) is 1.61. The molecule has 1 saturated heterocycles. The van der Waals surface area contributed by atoms with E-state index in [4.69, 9.17) is 4.74 Å². The van der Waals surface area contributed by atoms with Crippen molar-refractivity contribution in [1.29, 1.82) is 0 Å². The molecule has 1 aliphatic heterocycles. The average molecular weight is 269 g/mol. The summed E-state index contributed by atoms with van der Waals surface area (Å²) in [5, 5.41) is 3.40. The van der Waals surface area contributed by atoms with Crippen molar-refractivity contribution < 1.29 is 13.2 Å². The van der Waals surface area contributed by atoms with Crippen molar-refractivity contribution in [3.8, 4) is 5.75 Å². The quantitative estimate of drug-likeness (QED) is 0.902. The van der Waals surface area contributed by atoms with Gasteiger partial charge >= 0.3 is 0 Å². The van der Waals surface area contributed by atoms with Crippen molar-refractivity contribution in [3.05, 3.63) is 24.3 Å². The number of ether oxygens (including phenoxy) is 1. The highest BCUT2D eigenvalue weighted by molar-refractivity contribution is 7.90. The van der Waals surface area contributed by atoms with Crippen LogP contribution in [0.5, 0.6) is 5.75 Å². The molecule has 4 nitrogen and oxygen atoms in total. The van der Waals surface area contributed by atoms with Gasteiger partial charge in [0, 0.05) is 12.3 Å². The van der Waals surface area contributed by atoms with Gasteiger partial charge in [0.1, 0.15) is 12.4 Å². The van der Waals surface area contributed by atoms with Gasteiger partial charge in [-0.25, -0.2) is 8.42 Å². The van der Waals surface area contributed by atoms with Crippen LogP contribution in [0.2, 0.25) is 0 Å². The van der Waals surface area contributed by atoms with Crippen molar-refractivity contribution in [1.82, 2.24) is 5.32 Å². The SMILES string of the molecule is CS(=O)(=O)c1ccc(OCC2CCCCN2)cc1. The molecule has 0 aliphatic carbocycles.